The number of carbonyl (C=O) groups excluding carboxylic acids is 1. The molecular formula is C14H18N2O4. The van der Waals surface area contributed by atoms with Crippen LogP contribution < -0.4 is 5.32 Å². The fraction of sp³-hybridized carbons (Fsp3) is 0.429. The van der Waals surface area contributed by atoms with Gasteiger partial charge in [0.2, 0.25) is 0 Å². The Labute approximate surface area is 117 Å². The van der Waals surface area contributed by atoms with Crippen LogP contribution in [0.1, 0.15) is 17.9 Å². The lowest BCUT2D eigenvalue weighted by molar-refractivity contribution is -0.146. The van der Waals surface area contributed by atoms with E-state index in [9.17, 15) is 9.59 Å². The third-order valence-electron chi connectivity index (χ3n) is 3.48. The Kier molecular flexibility index (Phi) is 4.57. The van der Waals surface area contributed by atoms with Crippen LogP contribution in [0.5, 0.6) is 0 Å². The zero-order valence-electron chi connectivity index (χ0n) is 11.0. The van der Waals surface area contributed by atoms with Gasteiger partial charge in [-0.1, -0.05) is 30.3 Å². The lowest BCUT2D eigenvalue weighted by Gasteiger charge is -2.18. The highest BCUT2D eigenvalue weighted by Gasteiger charge is 2.27. The third-order valence-corrected chi connectivity index (χ3v) is 3.48. The Balaban J connectivity index is 1.83. The molecule has 2 rings (SSSR count). The number of hydrogen-bond donors (Lipinski definition) is 3. The highest BCUT2D eigenvalue weighted by atomic mass is 16.4. The maximum atomic E-state index is 11.9. The molecule has 0 spiro atoms. The number of aliphatic hydroxyl groups is 1. The minimum atomic E-state index is -1.56. The summed E-state index contributed by atoms with van der Waals surface area (Å²) in [6, 6.07) is 9.66. The first kappa shape index (κ1) is 14.3. The number of likely N-dealkylation sites (tertiary alicyclic amines) is 1. The Bertz CT molecular complexity index is 477. The van der Waals surface area contributed by atoms with E-state index in [0.29, 0.717) is 19.0 Å². The molecule has 0 radical (unpaired) electrons. The second-order valence-electron chi connectivity index (χ2n) is 4.88. The number of amides is 2. The first-order valence-electron chi connectivity index (χ1n) is 6.56. The minimum Gasteiger partial charge on any atom is -0.479 e. The molecule has 1 saturated heterocycles. The van der Waals surface area contributed by atoms with Crippen molar-refractivity contribution in [1.29, 1.82) is 0 Å². The van der Waals surface area contributed by atoms with E-state index in [1.807, 2.05) is 30.3 Å². The highest BCUT2D eigenvalue weighted by Crippen LogP contribution is 2.26. The van der Waals surface area contributed by atoms with Gasteiger partial charge >= 0.3 is 12.0 Å². The Hall–Kier alpha value is -2.08. The number of aliphatic hydroxyl groups excluding tert-OH is 1. The van der Waals surface area contributed by atoms with Gasteiger partial charge in [0.15, 0.2) is 6.10 Å². The van der Waals surface area contributed by atoms with E-state index in [-0.39, 0.29) is 12.6 Å². The van der Waals surface area contributed by atoms with Crippen molar-refractivity contribution in [3.8, 4) is 0 Å². The van der Waals surface area contributed by atoms with E-state index in [1.165, 1.54) is 5.56 Å². The molecule has 108 valence electrons. The molecule has 0 aliphatic carbocycles. The van der Waals surface area contributed by atoms with Crippen molar-refractivity contribution in [2.24, 2.45) is 0 Å². The van der Waals surface area contributed by atoms with Gasteiger partial charge < -0.3 is 20.4 Å². The summed E-state index contributed by atoms with van der Waals surface area (Å²) in [7, 11) is 0. The van der Waals surface area contributed by atoms with Gasteiger partial charge in [-0.25, -0.2) is 9.59 Å². The molecule has 1 aliphatic rings. The van der Waals surface area contributed by atoms with Crippen molar-refractivity contribution < 1.29 is 19.8 Å². The van der Waals surface area contributed by atoms with E-state index in [1.54, 1.807) is 4.90 Å². The van der Waals surface area contributed by atoms with Crippen LogP contribution in [0, 0.1) is 0 Å². The molecule has 1 aromatic carbocycles. The Morgan fingerprint density at radius 3 is 2.70 bits per heavy atom. The average molecular weight is 278 g/mol. The van der Waals surface area contributed by atoms with Gasteiger partial charge in [-0.3, -0.25) is 0 Å². The van der Waals surface area contributed by atoms with E-state index < -0.39 is 12.1 Å². The van der Waals surface area contributed by atoms with Crippen molar-refractivity contribution in [3.63, 3.8) is 0 Å². The van der Waals surface area contributed by atoms with E-state index in [0.717, 1.165) is 6.42 Å². The SMILES string of the molecule is O=C(O)C(O)CNC(=O)N1CCC(c2ccccc2)C1. The molecule has 6 nitrogen and oxygen atoms in total. The summed E-state index contributed by atoms with van der Waals surface area (Å²) < 4.78 is 0. The monoisotopic (exact) mass is 278 g/mol. The zero-order valence-corrected chi connectivity index (χ0v) is 11.0. The molecule has 2 unspecified atom stereocenters. The van der Waals surface area contributed by atoms with Gasteiger partial charge in [-0.15, -0.1) is 0 Å². The molecule has 0 bridgehead atoms. The molecule has 1 aliphatic heterocycles. The molecule has 2 amide bonds. The fourth-order valence-corrected chi connectivity index (χ4v) is 2.33. The van der Waals surface area contributed by atoms with E-state index in [2.05, 4.69) is 5.32 Å². The average Bonchev–Trinajstić information content (AvgIpc) is 2.95. The molecule has 6 heteroatoms. The van der Waals surface area contributed by atoms with Crippen LogP contribution in [-0.2, 0) is 4.79 Å². The lowest BCUT2D eigenvalue weighted by atomic mass is 9.99. The molecule has 0 saturated carbocycles. The van der Waals surface area contributed by atoms with Crippen molar-refractivity contribution in [3.05, 3.63) is 35.9 Å². The highest BCUT2D eigenvalue weighted by molar-refractivity contribution is 5.77. The number of aliphatic carboxylic acids is 1. The molecular weight excluding hydrogens is 260 g/mol. The molecule has 0 aromatic heterocycles. The summed E-state index contributed by atoms with van der Waals surface area (Å²) >= 11 is 0. The van der Waals surface area contributed by atoms with Crippen molar-refractivity contribution >= 4 is 12.0 Å². The quantitative estimate of drug-likeness (QED) is 0.753. The second kappa shape index (κ2) is 6.38. The number of nitrogens with one attached hydrogen (secondary N) is 1. The number of carbonyl (C=O) groups is 2. The summed E-state index contributed by atoms with van der Waals surface area (Å²) in [6.45, 7) is 0.967. The zero-order chi connectivity index (χ0) is 14.5. The number of hydrogen-bond acceptors (Lipinski definition) is 3. The summed E-state index contributed by atoms with van der Waals surface area (Å²) in [5, 5.41) is 20.1. The standard InChI is InChI=1S/C14H18N2O4/c17-12(13(18)19)8-15-14(20)16-7-6-11(9-16)10-4-2-1-3-5-10/h1-5,11-12,17H,6-9H2,(H,15,20)(H,18,19). The Morgan fingerprint density at radius 1 is 1.35 bits per heavy atom. The number of benzene rings is 1. The molecule has 1 aromatic rings. The van der Waals surface area contributed by atoms with Crippen LogP contribution in [0.2, 0.25) is 0 Å². The molecule has 2 atom stereocenters. The summed E-state index contributed by atoms with van der Waals surface area (Å²) in [4.78, 5) is 24.0. The van der Waals surface area contributed by atoms with Gasteiger partial charge in [-0.05, 0) is 12.0 Å². The van der Waals surface area contributed by atoms with Crippen molar-refractivity contribution in [1.82, 2.24) is 10.2 Å². The van der Waals surface area contributed by atoms with Gasteiger partial charge in [0.05, 0.1) is 6.54 Å². The van der Waals surface area contributed by atoms with Crippen LogP contribution in [0.4, 0.5) is 4.79 Å². The van der Waals surface area contributed by atoms with Crippen LogP contribution in [0.3, 0.4) is 0 Å². The topological polar surface area (TPSA) is 89.9 Å². The van der Waals surface area contributed by atoms with Gasteiger partial charge in [-0.2, -0.15) is 0 Å². The summed E-state index contributed by atoms with van der Waals surface area (Å²) in [6.07, 6.45) is -0.676. The molecule has 1 heterocycles. The number of urea groups is 1. The van der Waals surface area contributed by atoms with Crippen molar-refractivity contribution in [2.75, 3.05) is 19.6 Å². The number of carboxylic acid groups (broad SMARTS) is 1. The first-order chi connectivity index (χ1) is 9.58. The van der Waals surface area contributed by atoms with Gasteiger partial charge in [0, 0.05) is 19.0 Å². The van der Waals surface area contributed by atoms with Crippen molar-refractivity contribution in [2.45, 2.75) is 18.4 Å². The van der Waals surface area contributed by atoms with E-state index >= 15 is 0 Å². The maximum Gasteiger partial charge on any atom is 0.334 e. The van der Waals surface area contributed by atoms with Crippen LogP contribution in [0.25, 0.3) is 0 Å². The van der Waals surface area contributed by atoms with Gasteiger partial charge in [0.1, 0.15) is 0 Å². The number of rotatable bonds is 4. The van der Waals surface area contributed by atoms with Crippen LogP contribution in [-0.4, -0.2) is 52.9 Å². The first-order valence-corrected chi connectivity index (χ1v) is 6.56. The molecule has 1 fully saturated rings. The summed E-state index contributed by atoms with van der Waals surface area (Å²) in [5.74, 6) is -1.03. The lowest BCUT2D eigenvalue weighted by Crippen LogP contribution is -2.43. The maximum absolute atomic E-state index is 11.9. The largest absolute Gasteiger partial charge is 0.479 e. The molecule has 3 N–H and O–H groups in total. The predicted octanol–water partition coefficient (Wildman–Crippen LogP) is 0.631. The summed E-state index contributed by atoms with van der Waals surface area (Å²) in [5.41, 5.74) is 1.20. The minimum absolute atomic E-state index is 0.277. The van der Waals surface area contributed by atoms with Crippen LogP contribution >= 0.6 is 0 Å². The number of nitrogens with zero attached hydrogens (tertiary/aromatic N) is 1. The fourth-order valence-electron chi connectivity index (χ4n) is 2.33. The number of carboxylic acids is 1. The van der Waals surface area contributed by atoms with E-state index in [4.69, 9.17) is 10.2 Å². The third kappa shape index (κ3) is 3.48. The van der Waals surface area contributed by atoms with Gasteiger partial charge in [0.25, 0.3) is 0 Å². The predicted molar refractivity (Wildman–Crippen MR) is 72.4 cm³/mol. The molecule has 20 heavy (non-hydrogen) atoms. The Morgan fingerprint density at radius 2 is 2.05 bits per heavy atom. The second-order valence-corrected chi connectivity index (χ2v) is 4.88. The smallest absolute Gasteiger partial charge is 0.334 e. The van der Waals surface area contributed by atoms with Crippen LogP contribution in [0.15, 0.2) is 30.3 Å². The normalized spacial score (nSPS) is 19.6.